The minimum atomic E-state index is -2.09. The second-order valence-electron chi connectivity index (χ2n) is 5.80. The van der Waals surface area contributed by atoms with E-state index in [1.54, 1.807) is 48.5 Å². The first-order valence-corrected chi connectivity index (χ1v) is 8.46. The molecular formula is C20H15Cl2NO3. The first-order valence-electron chi connectivity index (χ1n) is 7.70. The van der Waals surface area contributed by atoms with E-state index in [2.05, 4.69) is 0 Å². The second kappa shape index (κ2) is 7.00. The lowest BCUT2D eigenvalue weighted by Crippen LogP contribution is -2.42. The number of hydrogen-bond donors (Lipinski definition) is 3. The van der Waals surface area contributed by atoms with Crippen LogP contribution in [0.1, 0.15) is 11.1 Å². The van der Waals surface area contributed by atoms with Gasteiger partial charge in [-0.2, -0.15) is 0 Å². The Morgan fingerprint density at radius 1 is 0.923 bits per heavy atom. The fourth-order valence-electron chi connectivity index (χ4n) is 2.86. The second-order valence-corrected chi connectivity index (χ2v) is 6.61. The molecule has 0 saturated heterocycles. The highest BCUT2D eigenvalue weighted by molar-refractivity contribution is 6.42. The van der Waals surface area contributed by atoms with Crippen molar-refractivity contribution in [2.45, 2.75) is 5.60 Å². The minimum Gasteiger partial charge on any atom is -0.508 e. The molecule has 0 aliphatic heterocycles. The van der Waals surface area contributed by atoms with E-state index in [4.69, 9.17) is 28.9 Å². The van der Waals surface area contributed by atoms with Crippen LogP contribution in [0.3, 0.4) is 0 Å². The van der Waals surface area contributed by atoms with Crippen molar-refractivity contribution >= 4 is 29.1 Å². The van der Waals surface area contributed by atoms with Crippen LogP contribution in [0.2, 0.25) is 10.0 Å². The zero-order valence-electron chi connectivity index (χ0n) is 13.5. The largest absolute Gasteiger partial charge is 0.508 e. The number of aliphatic hydroxyl groups is 1. The molecule has 0 fully saturated rings. The molecule has 0 spiro atoms. The van der Waals surface area contributed by atoms with Crippen LogP contribution in [0.4, 0.5) is 0 Å². The summed E-state index contributed by atoms with van der Waals surface area (Å²) in [7, 11) is 0. The summed E-state index contributed by atoms with van der Waals surface area (Å²) in [4.78, 5) is 12.3. The number of carbonyl (C=O) groups excluding carboxylic acids is 1. The molecule has 6 heteroatoms. The Labute approximate surface area is 160 Å². The smallest absolute Gasteiger partial charge is 0.258 e. The van der Waals surface area contributed by atoms with E-state index >= 15 is 0 Å². The number of nitrogens with two attached hydrogens (primary N) is 1. The number of phenolic OH excluding ortho intramolecular Hbond substituents is 1. The lowest BCUT2D eigenvalue weighted by molar-refractivity contribution is -0.133. The number of benzene rings is 3. The van der Waals surface area contributed by atoms with Crippen molar-refractivity contribution in [1.82, 2.24) is 0 Å². The van der Waals surface area contributed by atoms with Crippen molar-refractivity contribution in [3.05, 3.63) is 87.9 Å². The predicted octanol–water partition coefficient (Wildman–Crippen LogP) is 4.09. The first kappa shape index (κ1) is 18.3. The number of aromatic hydroxyl groups is 1. The summed E-state index contributed by atoms with van der Waals surface area (Å²) in [5.41, 5.74) is 5.02. The molecule has 1 atom stereocenters. The number of hydrogen-bond acceptors (Lipinski definition) is 3. The molecule has 132 valence electrons. The van der Waals surface area contributed by atoms with Gasteiger partial charge in [-0.25, -0.2) is 0 Å². The number of rotatable bonds is 4. The van der Waals surface area contributed by atoms with Crippen LogP contribution in [0.5, 0.6) is 5.75 Å². The van der Waals surface area contributed by atoms with Crippen LogP contribution in [0.15, 0.2) is 66.7 Å². The summed E-state index contributed by atoms with van der Waals surface area (Å²) < 4.78 is 0. The molecule has 26 heavy (non-hydrogen) atoms. The highest BCUT2D eigenvalue weighted by atomic mass is 35.5. The quantitative estimate of drug-likeness (QED) is 0.630. The van der Waals surface area contributed by atoms with Crippen molar-refractivity contribution in [2.24, 2.45) is 5.73 Å². The zero-order valence-corrected chi connectivity index (χ0v) is 15.0. The Balaban J connectivity index is 2.30. The van der Waals surface area contributed by atoms with Gasteiger partial charge in [0.1, 0.15) is 5.75 Å². The van der Waals surface area contributed by atoms with Crippen LogP contribution in [-0.2, 0) is 10.4 Å². The molecule has 3 aromatic rings. The van der Waals surface area contributed by atoms with Gasteiger partial charge in [0.25, 0.3) is 5.91 Å². The topological polar surface area (TPSA) is 83.6 Å². The summed E-state index contributed by atoms with van der Waals surface area (Å²) in [6, 6.07) is 17.5. The van der Waals surface area contributed by atoms with E-state index < -0.39 is 11.5 Å². The van der Waals surface area contributed by atoms with Gasteiger partial charge in [0.2, 0.25) is 0 Å². The molecule has 0 heterocycles. The molecule has 0 aliphatic rings. The summed E-state index contributed by atoms with van der Waals surface area (Å²) in [5, 5.41) is 21.9. The molecule has 4 N–H and O–H groups in total. The molecule has 0 radical (unpaired) electrons. The fourth-order valence-corrected chi connectivity index (χ4v) is 3.16. The maximum Gasteiger partial charge on any atom is 0.258 e. The minimum absolute atomic E-state index is 0.0327. The van der Waals surface area contributed by atoms with Gasteiger partial charge in [0.15, 0.2) is 5.60 Å². The monoisotopic (exact) mass is 387 g/mol. The third-order valence-corrected chi connectivity index (χ3v) is 4.91. The Morgan fingerprint density at radius 3 is 2.23 bits per heavy atom. The van der Waals surface area contributed by atoms with Gasteiger partial charge in [0, 0.05) is 5.56 Å². The number of halogens is 2. The maximum absolute atomic E-state index is 12.3. The number of amides is 1. The highest BCUT2D eigenvalue weighted by Gasteiger charge is 2.40. The average Bonchev–Trinajstić information content (AvgIpc) is 2.64. The van der Waals surface area contributed by atoms with Crippen molar-refractivity contribution in [3.63, 3.8) is 0 Å². The summed E-state index contributed by atoms with van der Waals surface area (Å²) in [6.07, 6.45) is 0. The van der Waals surface area contributed by atoms with Gasteiger partial charge < -0.3 is 15.9 Å². The molecule has 0 saturated carbocycles. The summed E-state index contributed by atoms with van der Waals surface area (Å²) >= 11 is 12.1. The van der Waals surface area contributed by atoms with Gasteiger partial charge in [-0.1, -0.05) is 65.7 Å². The normalized spacial score (nSPS) is 13.2. The van der Waals surface area contributed by atoms with E-state index in [1.165, 1.54) is 18.2 Å². The van der Waals surface area contributed by atoms with E-state index in [9.17, 15) is 15.0 Å². The Morgan fingerprint density at radius 2 is 1.62 bits per heavy atom. The molecule has 3 rings (SSSR count). The standard InChI is InChI=1S/C20H15Cl2NO3/c21-17-9-6-12(10-18(17)22)15-11-14(24)7-8-16(15)20(26,19(23)25)13-4-2-1-3-5-13/h1-11,24,26H,(H2,23,25). The maximum atomic E-state index is 12.3. The number of phenols is 1. The number of carbonyl (C=O) groups is 1. The molecule has 0 bridgehead atoms. The van der Waals surface area contributed by atoms with Crippen LogP contribution in [-0.4, -0.2) is 16.1 Å². The average molecular weight is 388 g/mol. The van der Waals surface area contributed by atoms with E-state index in [1.807, 2.05) is 0 Å². The van der Waals surface area contributed by atoms with Crippen LogP contribution < -0.4 is 5.73 Å². The Kier molecular flexibility index (Phi) is 4.92. The zero-order chi connectivity index (χ0) is 18.9. The van der Waals surface area contributed by atoms with E-state index in [0.717, 1.165) is 0 Å². The van der Waals surface area contributed by atoms with Crippen molar-refractivity contribution in [2.75, 3.05) is 0 Å². The molecule has 1 amide bonds. The summed E-state index contributed by atoms with van der Waals surface area (Å²) in [5.74, 6) is -0.967. The lowest BCUT2D eigenvalue weighted by Gasteiger charge is -2.28. The van der Waals surface area contributed by atoms with Crippen LogP contribution in [0, 0.1) is 0 Å². The van der Waals surface area contributed by atoms with Gasteiger partial charge in [-0.3, -0.25) is 4.79 Å². The molecule has 1 unspecified atom stereocenters. The van der Waals surface area contributed by atoms with E-state index in [-0.39, 0.29) is 11.3 Å². The Hall–Kier alpha value is -2.53. The highest BCUT2D eigenvalue weighted by Crippen LogP contribution is 2.39. The molecule has 3 aromatic carbocycles. The number of primary amides is 1. The SMILES string of the molecule is NC(=O)C(O)(c1ccccc1)c1ccc(O)cc1-c1ccc(Cl)c(Cl)c1. The van der Waals surface area contributed by atoms with Crippen molar-refractivity contribution in [1.29, 1.82) is 0 Å². The summed E-state index contributed by atoms with van der Waals surface area (Å²) in [6.45, 7) is 0. The molecule has 0 aromatic heterocycles. The van der Waals surface area contributed by atoms with Gasteiger partial charge >= 0.3 is 0 Å². The third kappa shape index (κ3) is 3.15. The van der Waals surface area contributed by atoms with Crippen molar-refractivity contribution < 1.29 is 15.0 Å². The van der Waals surface area contributed by atoms with Crippen molar-refractivity contribution in [3.8, 4) is 16.9 Å². The first-order chi connectivity index (χ1) is 12.3. The Bertz CT molecular complexity index is 976. The van der Waals surface area contributed by atoms with Crippen LogP contribution in [0.25, 0.3) is 11.1 Å². The van der Waals surface area contributed by atoms with Gasteiger partial charge in [0.05, 0.1) is 10.0 Å². The van der Waals surface area contributed by atoms with Gasteiger partial charge in [-0.05, 0) is 41.0 Å². The fraction of sp³-hybridized carbons (Fsp3) is 0.0500. The van der Waals surface area contributed by atoms with E-state index in [0.29, 0.717) is 26.7 Å². The predicted molar refractivity (Wildman–Crippen MR) is 102 cm³/mol. The molecule has 4 nitrogen and oxygen atoms in total. The molecular weight excluding hydrogens is 373 g/mol. The lowest BCUT2D eigenvalue weighted by atomic mass is 9.81. The van der Waals surface area contributed by atoms with Crippen LogP contribution >= 0.6 is 23.2 Å². The van der Waals surface area contributed by atoms with Gasteiger partial charge in [-0.15, -0.1) is 0 Å². The third-order valence-electron chi connectivity index (χ3n) is 4.17. The molecule has 0 aliphatic carbocycles.